The van der Waals surface area contributed by atoms with E-state index in [0.717, 1.165) is 16.7 Å². The summed E-state index contributed by atoms with van der Waals surface area (Å²) in [6.45, 7) is 5.40. The molecule has 2 aromatic rings. The van der Waals surface area contributed by atoms with Gasteiger partial charge in [-0.25, -0.2) is 0 Å². The number of aromatic nitrogens is 2. The molecule has 20 heavy (non-hydrogen) atoms. The monoisotopic (exact) mass is 293 g/mol. The summed E-state index contributed by atoms with van der Waals surface area (Å²) in [4.78, 5) is 10.3. The molecule has 0 fully saturated rings. The van der Waals surface area contributed by atoms with Crippen LogP contribution in [0.5, 0.6) is 11.6 Å². The van der Waals surface area contributed by atoms with Gasteiger partial charge in [-0.05, 0) is 38.0 Å². The predicted octanol–water partition coefficient (Wildman–Crippen LogP) is 3.76. The van der Waals surface area contributed by atoms with Crippen LogP contribution < -0.4 is 4.74 Å². The third kappa shape index (κ3) is 2.70. The molecule has 104 valence electrons. The maximum Gasteiger partial charge on any atom is 0.273 e. The van der Waals surface area contributed by atoms with Gasteiger partial charge in [0.2, 0.25) is 5.88 Å². The van der Waals surface area contributed by atoms with Crippen molar-refractivity contribution in [1.29, 1.82) is 0 Å². The summed E-state index contributed by atoms with van der Waals surface area (Å²) in [6, 6.07) is 4.41. The van der Waals surface area contributed by atoms with E-state index in [2.05, 4.69) is 10.2 Å². The molecular weight excluding hydrogens is 282 g/mol. The van der Waals surface area contributed by atoms with Crippen molar-refractivity contribution in [2.24, 2.45) is 0 Å². The largest absolute Gasteiger partial charge is 0.437 e. The van der Waals surface area contributed by atoms with Crippen molar-refractivity contribution in [2.75, 3.05) is 0 Å². The standard InChI is InChI=1S/C13H12ClN3O3/c1-7-4-5-10(17(18)19)6-11(7)20-13-9(3)8(2)12(14)15-16-13/h4-6H,1-3H3. The van der Waals surface area contributed by atoms with E-state index in [4.69, 9.17) is 16.3 Å². The lowest BCUT2D eigenvalue weighted by atomic mass is 10.2. The van der Waals surface area contributed by atoms with Crippen LogP contribution in [0.2, 0.25) is 5.15 Å². The lowest BCUT2D eigenvalue weighted by Crippen LogP contribution is -1.99. The molecule has 0 aliphatic carbocycles. The molecule has 0 spiro atoms. The van der Waals surface area contributed by atoms with Crippen molar-refractivity contribution >= 4 is 17.3 Å². The van der Waals surface area contributed by atoms with Gasteiger partial charge in [-0.2, -0.15) is 0 Å². The van der Waals surface area contributed by atoms with Crippen LogP contribution in [0.4, 0.5) is 5.69 Å². The molecule has 1 heterocycles. The molecule has 0 aliphatic rings. The Kier molecular flexibility index (Phi) is 3.85. The maximum absolute atomic E-state index is 10.8. The minimum atomic E-state index is -0.474. The predicted molar refractivity (Wildman–Crippen MR) is 74.4 cm³/mol. The summed E-state index contributed by atoms with van der Waals surface area (Å²) >= 11 is 5.87. The number of rotatable bonds is 3. The Hall–Kier alpha value is -2.21. The van der Waals surface area contributed by atoms with Gasteiger partial charge >= 0.3 is 0 Å². The second-order valence-corrected chi connectivity index (χ2v) is 4.71. The van der Waals surface area contributed by atoms with Gasteiger partial charge in [-0.1, -0.05) is 11.6 Å². The summed E-state index contributed by atoms with van der Waals surface area (Å²) < 4.78 is 5.63. The zero-order valence-corrected chi connectivity index (χ0v) is 11.9. The number of nitro groups is 1. The van der Waals surface area contributed by atoms with Gasteiger partial charge in [0, 0.05) is 11.6 Å². The molecule has 0 bridgehead atoms. The molecule has 0 N–H and O–H groups in total. The van der Waals surface area contributed by atoms with Crippen LogP contribution in [-0.2, 0) is 0 Å². The van der Waals surface area contributed by atoms with Crippen molar-refractivity contribution in [3.8, 4) is 11.6 Å². The maximum atomic E-state index is 10.8. The minimum absolute atomic E-state index is 0.0399. The van der Waals surface area contributed by atoms with E-state index in [9.17, 15) is 10.1 Å². The van der Waals surface area contributed by atoms with Crippen molar-refractivity contribution in [2.45, 2.75) is 20.8 Å². The van der Waals surface area contributed by atoms with Crippen LogP contribution in [0.15, 0.2) is 18.2 Å². The first kappa shape index (κ1) is 14.2. The third-order valence-corrected chi connectivity index (χ3v) is 3.37. The molecule has 0 saturated carbocycles. The van der Waals surface area contributed by atoms with Gasteiger partial charge in [-0.3, -0.25) is 10.1 Å². The molecule has 7 heteroatoms. The number of ether oxygens (including phenoxy) is 1. The van der Waals surface area contributed by atoms with Gasteiger partial charge in [0.05, 0.1) is 11.0 Å². The zero-order valence-electron chi connectivity index (χ0n) is 11.2. The molecule has 0 atom stereocenters. The van der Waals surface area contributed by atoms with Crippen molar-refractivity contribution < 1.29 is 9.66 Å². The fourth-order valence-electron chi connectivity index (χ4n) is 1.57. The zero-order chi connectivity index (χ0) is 14.9. The Morgan fingerprint density at radius 3 is 2.55 bits per heavy atom. The molecule has 0 aliphatic heterocycles. The summed E-state index contributed by atoms with van der Waals surface area (Å²) in [6.07, 6.45) is 0. The lowest BCUT2D eigenvalue weighted by molar-refractivity contribution is -0.384. The minimum Gasteiger partial charge on any atom is -0.437 e. The van der Waals surface area contributed by atoms with E-state index < -0.39 is 4.92 Å². The van der Waals surface area contributed by atoms with Crippen LogP contribution in [-0.4, -0.2) is 15.1 Å². The average molecular weight is 294 g/mol. The van der Waals surface area contributed by atoms with Crippen LogP contribution in [0.25, 0.3) is 0 Å². The molecule has 0 unspecified atom stereocenters. The van der Waals surface area contributed by atoms with Gasteiger partial charge in [0.1, 0.15) is 5.75 Å². The molecule has 6 nitrogen and oxygen atoms in total. The highest BCUT2D eigenvalue weighted by Crippen LogP contribution is 2.31. The van der Waals surface area contributed by atoms with E-state index in [-0.39, 0.29) is 11.6 Å². The molecular formula is C13H12ClN3O3. The summed E-state index contributed by atoms with van der Waals surface area (Å²) in [5.74, 6) is 0.661. The Balaban J connectivity index is 2.42. The van der Waals surface area contributed by atoms with E-state index in [1.54, 1.807) is 26.8 Å². The Labute approximate surface area is 120 Å². The number of nitro benzene ring substituents is 1. The van der Waals surface area contributed by atoms with Crippen LogP contribution in [0, 0.1) is 30.9 Å². The number of benzene rings is 1. The quantitative estimate of drug-likeness (QED) is 0.636. The van der Waals surface area contributed by atoms with Gasteiger partial charge in [0.25, 0.3) is 5.69 Å². The summed E-state index contributed by atoms with van der Waals surface area (Å²) in [7, 11) is 0. The molecule has 0 saturated heterocycles. The fraction of sp³-hybridized carbons (Fsp3) is 0.231. The smallest absolute Gasteiger partial charge is 0.273 e. The van der Waals surface area contributed by atoms with Crippen LogP contribution >= 0.6 is 11.6 Å². The van der Waals surface area contributed by atoms with E-state index in [1.807, 2.05) is 0 Å². The average Bonchev–Trinajstić information content (AvgIpc) is 2.41. The van der Waals surface area contributed by atoms with Crippen molar-refractivity contribution in [1.82, 2.24) is 10.2 Å². The van der Waals surface area contributed by atoms with Crippen LogP contribution in [0.1, 0.15) is 16.7 Å². The Bertz CT molecular complexity index is 689. The highest BCUT2D eigenvalue weighted by Gasteiger charge is 2.14. The normalized spacial score (nSPS) is 10.4. The number of hydrogen-bond donors (Lipinski definition) is 0. The van der Waals surface area contributed by atoms with Crippen molar-refractivity contribution in [3.63, 3.8) is 0 Å². The molecule has 2 rings (SSSR count). The van der Waals surface area contributed by atoms with Gasteiger partial charge in [0.15, 0.2) is 5.15 Å². The second kappa shape index (κ2) is 5.42. The Morgan fingerprint density at radius 1 is 1.20 bits per heavy atom. The second-order valence-electron chi connectivity index (χ2n) is 4.35. The van der Waals surface area contributed by atoms with Crippen LogP contribution in [0.3, 0.4) is 0 Å². The third-order valence-electron chi connectivity index (χ3n) is 3.01. The summed E-state index contributed by atoms with van der Waals surface area (Å²) in [5.41, 5.74) is 2.24. The molecule has 1 aromatic carbocycles. The lowest BCUT2D eigenvalue weighted by Gasteiger charge is -2.11. The van der Waals surface area contributed by atoms with E-state index in [0.29, 0.717) is 10.9 Å². The number of aryl methyl sites for hydroxylation is 1. The Morgan fingerprint density at radius 2 is 1.90 bits per heavy atom. The first-order valence-corrected chi connectivity index (χ1v) is 6.20. The van der Waals surface area contributed by atoms with E-state index in [1.165, 1.54) is 12.1 Å². The number of halogens is 1. The topological polar surface area (TPSA) is 78.2 Å². The molecule has 0 radical (unpaired) electrons. The SMILES string of the molecule is Cc1ccc([N+](=O)[O-])cc1Oc1nnc(Cl)c(C)c1C. The van der Waals surface area contributed by atoms with Crippen molar-refractivity contribution in [3.05, 3.63) is 50.2 Å². The van der Waals surface area contributed by atoms with Gasteiger partial charge < -0.3 is 4.74 Å². The molecule has 0 amide bonds. The van der Waals surface area contributed by atoms with E-state index >= 15 is 0 Å². The first-order valence-electron chi connectivity index (χ1n) is 5.82. The molecule has 1 aromatic heterocycles. The highest BCUT2D eigenvalue weighted by molar-refractivity contribution is 6.30. The number of non-ortho nitro benzene ring substituents is 1. The highest BCUT2D eigenvalue weighted by atomic mass is 35.5. The number of nitrogens with zero attached hydrogens (tertiary/aromatic N) is 3. The fourth-order valence-corrected chi connectivity index (χ4v) is 1.75. The number of hydrogen-bond acceptors (Lipinski definition) is 5. The first-order chi connectivity index (χ1) is 9.40. The van der Waals surface area contributed by atoms with Gasteiger partial charge in [-0.15, -0.1) is 10.2 Å². The summed E-state index contributed by atoms with van der Waals surface area (Å²) in [5, 5.41) is 18.8.